The molecule has 1 heterocycles. The molecule has 0 unspecified atom stereocenters. The van der Waals surface area contributed by atoms with Crippen molar-refractivity contribution < 1.29 is 12.8 Å². The van der Waals surface area contributed by atoms with E-state index in [0.29, 0.717) is 22.1 Å². The maximum absolute atomic E-state index is 13.3. The normalized spacial score (nSPS) is 11.6. The van der Waals surface area contributed by atoms with Gasteiger partial charge in [0.15, 0.2) is 4.90 Å². The number of sulfone groups is 1. The number of benzene rings is 3. The zero-order chi connectivity index (χ0) is 19.0. The van der Waals surface area contributed by atoms with Crippen LogP contribution < -0.4 is 5.63 Å². The molecule has 0 spiro atoms. The van der Waals surface area contributed by atoms with E-state index < -0.39 is 15.5 Å². The number of hydrogen-bond donors (Lipinski definition) is 0. The first-order valence-corrected chi connectivity index (χ1v) is 9.90. The van der Waals surface area contributed by atoms with Crippen LogP contribution in [0.5, 0.6) is 0 Å². The van der Waals surface area contributed by atoms with E-state index in [2.05, 4.69) is 0 Å². The quantitative estimate of drug-likeness (QED) is 0.490. The second kappa shape index (κ2) is 6.52. The van der Waals surface area contributed by atoms with Crippen LogP contribution in [0.3, 0.4) is 0 Å². The first-order chi connectivity index (χ1) is 13.0. The average molecular weight is 376 g/mol. The Balaban J connectivity index is 2.21. The van der Waals surface area contributed by atoms with Gasteiger partial charge in [-0.05, 0) is 36.2 Å². The molecule has 3 aromatic carbocycles. The predicted octanol–water partition coefficient (Wildman–Crippen LogP) is 4.60. The first-order valence-electron chi connectivity index (χ1n) is 8.42. The Morgan fingerprint density at radius 3 is 2.07 bits per heavy atom. The van der Waals surface area contributed by atoms with E-state index >= 15 is 0 Å². The third kappa shape index (κ3) is 2.86. The van der Waals surface area contributed by atoms with Crippen molar-refractivity contribution in [2.75, 3.05) is 0 Å². The summed E-state index contributed by atoms with van der Waals surface area (Å²) in [5, 5.41) is 0.623. The Hall–Kier alpha value is -3.18. The molecule has 0 bridgehead atoms. The average Bonchev–Trinajstić information content (AvgIpc) is 2.68. The van der Waals surface area contributed by atoms with Crippen LogP contribution in [0.1, 0.15) is 5.56 Å². The fourth-order valence-electron chi connectivity index (χ4n) is 3.25. The summed E-state index contributed by atoms with van der Waals surface area (Å²) in [7, 11) is -4.06. The van der Waals surface area contributed by atoms with Gasteiger partial charge in [-0.1, -0.05) is 60.7 Å². The summed E-state index contributed by atoms with van der Waals surface area (Å²) in [4.78, 5) is 12.5. The van der Waals surface area contributed by atoms with Gasteiger partial charge in [0.1, 0.15) is 5.58 Å². The van der Waals surface area contributed by atoms with Crippen LogP contribution in [-0.4, -0.2) is 8.42 Å². The van der Waals surface area contributed by atoms with E-state index in [9.17, 15) is 13.2 Å². The lowest BCUT2D eigenvalue weighted by atomic mass is 9.99. The second-order valence-corrected chi connectivity index (χ2v) is 8.11. The summed E-state index contributed by atoms with van der Waals surface area (Å²) >= 11 is 0. The van der Waals surface area contributed by atoms with Gasteiger partial charge in [-0.25, -0.2) is 13.2 Å². The maximum atomic E-state index is 13.3. The molecule has 0 radical (unpaired) electrons. The summed E-state index contributed by atoms with van der Waals surface area (Å²) < 4.78 is 32.1. The van der Waals surface area contributed by atoms with Crippen LogP contribution in [0.25, 0.3) is 22.1 Å². The topological polar surface area (TPSA) is 64.3 Å². The summed E-state index contributed by atoms with van der Waals surface area (Å²) in [6, 6.07) is 22.3. The molecule has 0 amide bonds. The van der Waals surface area contributed by atoms with Crippen molar-refractivity contribution in [3.05, 3.63) is 94.8 Å². The van der Waals surface area contributed by atoms with Crippen LogP contribution in [0.4, 0.5) is 0 Å². The predicted molar refractivity (Wildman–Crippen MR) is 105 cm³/mol. The molecule has 0 N–H and O–H groups in total. The van der Waals surface area contributed by atoms with Gasteiger partial charge in [-0.2, -0.15) is 0 Å². The second-order valence-electron chi connectivity index (χ2n) is 6.22. The summed E-state index contributed by atoms with van der Waals surface area (Å²) in [6.45, 7) is 1.87. The third-order valence-electron chi connectivity index (χ3n) is 4.48. The fourth-order valence-corrected chi connectivity index (χ4v) is 4.75. The number of aryl methyl sites for hydroxylation is 1. The third-order valence-corrected chi connectivity index (χ3v) is 6.29. The molecule has 0 aliphatic heterocycles. The summed E-state index contributed by atoms with van der Waals surface area (Å²) in [6.07, 6.45) is 0. The molecule has 1 aromatic heterocycles. The van der Waals surface area contributed by atoms with Crippen molar-refractivity contribution >= 4 is 20.8 Å². The number of hydrogen-bond acceptors (Lipinski definition) is 4. The SMILES string of the molecule is Cc1cccc2oc(=O)c(S(=O)(=O)c3ccccc3)c(-c3ccccc3)c12. The highest BCUT2D eigenvalue weighted by molar-refractivity contribution is 7.91. The van der Waals surface area contributed by atoms with Crippen molar-refractivity contribution in [2.24, 2.45) is 0 Å². The van der Waals surface area contributed by atoms with Crippen LogP contribution >= 0.6 is 0 Å². The molecule has 4 rings (SSSR count). The van der Waals surface area contributed by atoms with Crippen molar-refractivity contribution in [1.82, 2.24) is 0 Å². The molecule has 0 atom stereocenters. The molecule has 134 valence electrons. The van der Waals surface area contributed by atoms with Gasteiger partial charge in [0.25, 0.3) is 0 Å². The van der Waals surface area contributed by atoms with Crippen molar-refractivity contribution in [3.8, 4) is 11.1 Å². The van der Waals surface area contributed by atoms with E-state index in [4.69, 9.17) is 4.42 Å². The summed E-state index contributed by atoms with van der Waals surface area (Å²) in [5.74, 6) is 0. The Morgan fingerprint density at radius 2 is 1.41 bits per heavy atom. The van der Waals surface area contributed by atoms with E-state index in [1.165, 1.54) is 12.1 Å². The van der Waals surface area contributed by atoms with Crippen LogP contribution in [0, 0.1) is 6.92 Å². The van der Waals surface area contributed by atoms with Gasteiger partial charge in [0.05, 0.1) is 4.90 Å². The number of fused-ring (bicyclic) bond motifs is 1. The highest BCUT2D eigenvalue weighted by Crippen LogP contribution is 2.36. The molecule has 27 heavy (non-hydrogen) atoms. The standard InChI is InChI=1S/C22H16O4S/c1-15-9-8-14-18-19(15)20(16-10-4-2-5-11-16)21(22(23)26-18)27(24,25)17-12-6-3-7-13-17/h2-14H,1H3. The molecule has 0 aliphatic rings. The highest BCUT2D eigenvalue weighted by atomic mass is 32.2. The van der Waals surface area contributed by atoms with Crippen molar-refractivity contribution in [2.45, 2.75) is 16.7 Å². The highest BCUT2D eigenvalue weighted by Gasteiger charge is 2.29. The van der Waals surface area contributed by atoms with E-state index in [1.807, 2.05) is 31.2 Å². The van der Waals surface area contributed by atoms with E-state index in [-0.39, 0.29) is 9.79 Å². The summed E-state index contributed by atoms with van der Waals surface area (Å²) in [5.41, 5.74) is 1.37. The molecule has 5 heteroatoms. The monoisotopic (exact) mass is 376 g/mol. The zero-order valence-electron chi connectivity index (χ0n) is 14.5. The lowest BCUT2D eigenvalue weighted by molar-refractivity contribution is 0.533. The van der Waals surface area contributed by atoms with Crippen LogP contribution in [0.2, 0.25) is 0 Å². The molecule has 0 aliphatic carbocycles. The Kier molecular flexibility index (Phi) is 4.16. The molecule has 4 aromatic rings. The van der Waals surface area contributed by atoms with Gasteiger partial charge in [0.2, 0.25) is 9.84 Å². The largest absolute Gasteiger partial charge is 0.422 e. The maximum Gasteiger partial charge on any atom is 0.356 e. The van der Waals surface area contributed by atoms with Gasteiger partial charge in [-0.3, -0.25) is 0 Å². The molecule has 0 saturated heterocycles. The lowest BCUT2D eigenvalue weighted by Gasteiger charge is -2.14. The number of rotatable bonds is 3. The zero-order valence-corrected chi connectivity index (χ0v) is 15.4. The molecule has 4 nitrogen and oxygen atoms in total. The van der Waals surface area contributed by atoms with Crippen LogP contribution in [-0.2, 0) is 9.84 Å². The van der Waals surface area contributed by atoms with Gasteiger partial charge in [0, 0.05) is 10.9 Å². The molecular formula is C22H16O4S. The Labute approximate surface area is 156 Å². The smallest absolute Gasteiger partial charge is 0.356 e. The molecule has 0 fully saturated rings. The van der Waals surface area contributed by atoms with Crippen molar-refractivity contribution in [3.63, 3.8) is 0 Å². The minimum absolute atomic E-state index is 0.0578. The fraction of sp³-hybridized carbons (Fsp3) is 0.0455. The Bertz CT molecular complexity index is 1290. The Morgan fingerprint density at radius 1 is 0.778 bits per heavy atom. The van der Waals surface area contributed by atoms with Crippen molar-refractivity contribution in [1.29, 1.82) is 0 Å². The minimum atomic E-state index is -4.06. The first kappa shape index (κ1) is 17.2. The van der Waals surface area contributed by atoms with E-state index in [1.54, 1.807) is 42.5 Å². The van der Waals surface area contributed by atoms with Crippen LogP contribution in [0.15, 0.2) is 97.9 Å². The van der Waals surface area contributed by atoms with E-state index in [0.717, 1.165) is 5.56 Å². The van der Waals surface area contributed by atoms with Gasteiger partial charge in [-0.15, -0.1) is 0 Å². The lowest BCUT2D eigenvalue weighted by Crippen LogP contribution is -2.17. The van der Waals surface area contributed by atoms with Gasteiger partial charge < -0.3 is 4.42 Å². The molecule has 0 saturated carbocycles. The molecular weight excluding hydrogens is 360 g/mol. The van der Waals surface area contributed by atoms with Gasteiger partial charge >= 0.3 is 5.63 Å². The minimum Gasteiger partial charge on any atom is -0.422 e.